The number of piperazine rings is 1. The smallest absolute Gasteiger partial charge is 0.208 e. The maximum Gasteiger partial charge on any atom is 0.208 e. The van der Waals surface area contributed by atoms with Gasteiger partial charge in [0.15, 0.2) is 0 Å². The highest BCUT2D eigenvalue weighted by Gasteiger charge is 2.24. The van der Waals surface area contributed by atoms with E-state index < -0.39 is 0 Å². The van der Waals surface area contributed by atoms with Gasteiger partial charge < -0.3 is 4.90 Å². The molecule has 2 aromatic rings. The first-order valence-electron chi connectivity index (χ1n) is 8.29. The first kappa shape index (κ1) is 16.4. The van der Waals surface area contributed by atoms with E-state index in [0.29, 0.717) is 0 Å². The number of nitrogens with zero attached hydrogens (tertiary/aromatic N) is 4. The molecule has 5 heteroatoms. The van der Waals surface area contributed by atoms with Crippen LogP contribution in [0.25, 0.3) is 0 Å². The van der Waals surface area contributed by atoms with Gasteiger partial charge in [0.2, 0.25) is 5.13 Å². The molecule has 1 aromatic heterocycles. The van der Waals surface area contributed by atoms with E-state index in [1.54, 1.807) is 11.3 Å². The van der Waals surface area contributed by atoms with Crippen LogP contribution in [-0.2, 0) is 12.0 Å². The molecule has 0 bridgehead atoms. The van der Waals surface area contributed by atoms with Gasteiger partial charge in [-0.25, -0.2) is 0 Å². The van der Waals surface area contributed by atoms with Crippen molar-refractivity contribution in [2.24, 2.45) is 0 Å². The molecule has 1 saturated heterocycles. The van der Waals surface area contributed by atoms with Gasteiger partial charge in [0, 0.05) is 38.1 Å². The molecule has 1 aromatic carbocycles. The minimum absolute atomic E-state index is 0.0862. The van der Waals surface area contributed by atoms with Gasteiger partial charge in [0.25, 0.3) is 0 Å². The Morgan fingerprint density at radius 2 is 1.83 bits per heavy atom. The fourth-order valence-corrected chi connectivity index (χ4v) is 3.77. The SMILES string of the molecule is Cc1cccc(CN2CCN(c3nnc(C(C)(C)C)s3)CC2)c1. The molecule has 1 fully saturated rings. The highest BCUT2D eigenvalue weighted by molar-refractivity contribution is 7.15. The maximum atomic E-state index is 4.40. The van der Waals surface area contributed by atoms with Crippen LogP contribution in [0.15, 0.2) is 24.3 Å². The molecule has 2 heterocycles. The zero-order chi connectivity index (χ0) is 16.4. The summed E-state index contributed by atoms with van der Waals surface area (Å²) in [6.07, 6.45) is 0. The van der Waals surface area contributed by atoms with Gasteiger partial charge in [0.1, 0.15) is 5.01 Å². The van der Waals surface area contributed by atoms with Crippen molar-refractivity contribution in [2.45, 2.75) is 39.7 Å². The number of hydrogen-bond acceptors (Lipinski definition) is 5. The molecule has 3 rings (SSSR count). The number of hydrogen-bond donors (Lipinski definition) is 0. The lowest BCUT2D eigenvalue weighted by Gasteiger charge is -2.34. The van der Waals surface area contributed by atoms with E-state index in [1.807, 2.05) is 0 Å². The van der Waals surface area contributed by atoms with Crippen LogP contribution in [0.4, 0.5) is 5.13 Å². The molecule has 0 N–H and O–H groups in total. The minimum Gasteiger partial charge on any atom is -0.344 e. The Morgan fingerprint density at radius 1 is 1.09 bits per heavy atom. The second-order valence-corrected chi connectivity index (χ2v) is 8.35. The third-order valence-electron chi connectivity index (χ3n) is 4.19. The van der Waals surface area contributed by atoms with Crippen LogP contribution in [0.5, 0.6) is 0 Å². The molecule has 4 nitrogen and oxygen atoms in total. The Morgan fingerprint density at radius 3 is 2.43 bits per heavy atom. The summed E-state index contributed by atoms with van der Waals surface area (Å²) in [5, 5.41) is 11.0. The third kappa shape index (κ3) is 4.09. The van der Waals surface area contributed by atoms with Crippen molar-refractivity contribution in [3.63, 3.8) is 0 Å². The predicted octanol–water partition coefficient (Wildman–Crippen LogP) is 3.47. The van der Waals surface area contributed by atoms with Crippen molar-refractivity contribution in [2.75, 3.05) is 31.1 Å². The van der Waals surface area contributed by atoms with Crippen molar-refractivity contribution < 1.29 is 0 Å². The fraction of sp³-hybridized carbons (Fsp3) is 0.556. The van der Waals surface area contributed by atoms with Crippen molar-refractivity contribution in [1.82, 2.24) is 15.1 Å². The van der Waals surface area contributed by atoms with E-state index in [2.05, 4.69) is 72.0 Å². The van der Waals surface area contributed by atoms with E-state index in [4.69, 9.17) is 0 Å². The van der Waals surface area contributed by atoms with Crippen molar-refractivity contribution in [1.29, 1.82) is 0 Å². The minimum atomic E-state index is 0.0862. The van der Waals surface area contributed by atoms with E-state index in [9.17, 15) is 0 Å². The molecule has 0 amide bonds. The van der Waals surface area contributed by atoms with Gasteiger partial charge in [-0.1, -0.05) is 61.9 Å². The number of aryl methyl sites for hydroxylation is 1. The molecule has 23 heavy (non-hydrogen) atoms. The summed E-state index contributed by atoms with van der Waals surface area (Å²) >= 11 is 1.74. The van der Waals surface area contributed by atoms with Crippen LogP contribution in [0.2, 0.25) is 0 Å². The average molecular weight is 331 g/mol. The highest BCUT2D eigenvalue weighted by Crippen LogP contribution is 2.30. The lowest BCUT2D eigenvalue weighted by atomic mass is 9.98. The molecule has 0 aliphatic carbocycles. The molecule has 1 aliphatic rings. The molecule has 0 radical (unpaired) electrons. The number of benzene rings is 1. The molecule has 1 aliphatic heterocycles. The number of aromatic nitrogens is 2. The summed E-state index contributed by atoms with van der Waals surface area (Å²) in [6, 6.07) is 8.81. The van der Waals surface area contributed by atoms with Gasteiger partial charge in [-0.15, -0.1) is 10.2 Å². The third-order valence-corrected chi connectivity index (χ3v) is 5.60. The van der Waals surface area contributed by atoms with Crippen molar-refractivity contribution in [3.05, 3.63) is 40.4 Å². The van der Waals surface area contributed by atoms with Crippen molar-refractivity contribution >= 4 is 16.5 Å². The summed E-state index contributed by atoms with van der Waals surface area (Å²) in [5.74, 6) is 0. The highest BCUT2D eigenvalue weighted by atomic mass is 32.1. The molecular formula is C18H26N4S. The van der Waals surface area contributed by atoms with Gasteiger partial charge in [-0.2, -0.15) is 0 Å². The maximum absolute atomic E-state index is 4.40. The Labute approximate surface area is 143 Å². The standard InChI is InChI=1S/C18H26N4S/c1-14-6-5-7-15(12-14)13-21-8-10-22(11-9-21)17-20-19-16(23-17)18(2,3)4/h5-7,12H,8-11,13H2,1-4H3. The van der Waals surface area contributed by atoms with Crippen LogP contribution in [0.3, 0.4) is 0 Å². The topological polar surface area (TPSA) is 32.3 Å². The zero-order valence-corrected chi connectivity index (χ0v) is 15.4. The monoisotopic (exact) mass is 330 g/mol. The Balaban J connectivity index is 1.57. The molecule has 0 spiro atoms. The van der Waals surface area contributed by atoms with Gasteiger partial charge >= 0.3 is 0 Å². The normalized spacial score (nSPS) is 16.8. The first-order chi connectivity index (χ1) is 10.9. The predicted molar refractivity (Wildman–Crippen MR) is 97.3 cm³/mol. The van der Waals surface area contributed by atoms with Crippen LogP contribution >= 0.6 is 11.3 Å². The first-order valence-corrected chi connectivity index (χ1v) is 9.10. The van der Waals surface area contributed by atoms with E-state index in [1.165, 1.54) is 11.1 Å². The lowest BCUT2D eigenvalue weighted by Crippen LogP contribution is -2.45. The Hall–Kier alpha value is -1.46. The van der Waals surface area contributed by atoms with Gasteiger partial charge in [0.05, 0.1) is 0 Å². The summed E-state index contributed by atoms with van der Waals surface area (Å²) in [5.41, 5.74) is 2.83. The van der Waals surface area contributed by atoms with E-state index in [-0.39, 0.29) is 5.41 Å². The largest absolute Gasteiger partial charge is 0.344 e. The van der Waals surface area contributed by atoms with Gasteiger partial charge in [-0.3, -0.25) is 4.90 Å². The fourth-order valence-electron chi connectivity index (χ4n) is 2.81. The summed E-state index contributed by atoms with van der Waals surface area (Å²) in [7, 11) is 0. The molecule has 0 unspecified atom stereocenters. The van der Waals surface area contributed by atoms with Gasteiger partial charge in [-0.05, 0) is 12.5 Å². The zero-order valence-electron chi connectivity index (χ0n) is 14.5. The second kappa shape index (κ2) is 6.57. The van der Waals surface area contributed by atoms with Crippen LogP contribution < -0.4 is 4.90 Å². The Bertz CT molecular complexity index is 651. The quantitative estimate of drug-likeness (QED) is 0.862. The second-order valence-electron chi connectivity index (χ2n) is 7.39. The molecular weight excluding hydrogens is 304 g/mol. The van der Waals surface area contributed by atoms with Crippen LogP contribution in [0, 0.1) is 6.92 Å². The summed E-state index contributed by atoms with van der Waals surface area (Å²) in [6.45, 7) is 14.0. The molecule has 0 saturated carbocycles. The summed E-state index contributed by atoms with van der Waals surface area (Å²) in [4.78, 5) is 4.90. The molecule has 0 atom stereocenters. The number of anilines is 1. The van der Waals surface area contributed by atoms with E-state index >= 15 is 0 Å². The van der Waals surface area contributed by atoms with Crippen LogP contribution in [0.1, 0.15) is 36.9 Å². The Kier molecular flexibility index (Phi) is 4.69. The average Bonchev–Trinajstić information content (AvgIpc) is 2.98. The number of rotatable bonds is 3. The lowest BCUT2D eigenvalue weighted by molar-refractivity contribution is 0.249. The van der Waals surface area contributed by atoms with E-state index in [0.717, 1.165) is 42.9 Å². The molecule has 124 valence electrons. The van der Waals surface area contributed by atoms with Crippen molar-refractivity contribution in [3.8, 4) is 0 Å². The van der Waals surface area contributed by atoms with Crippen LogP contribution in [-0.4, -0.2) is 41.3 Å². The summed E-state index contributed by atoms with van der Waals surface area (Å²) < 4.78 is 0.